The van der Waals surface area contributed by atoms with E-state index in [-0.39, 0.29) is 4.90 Å². The molecule has 0 aliphatic carbocycles. The number of hydrogen-bond donors (Lipinski definition) is 1. The first kappa shape index (κ1) is 17.8. The van der Waals surface area contributed by atoms with Gasteiger partial charge in [-0.2, -0.15) is 13.5 Å². The number of esters is 1. The zero-order valence-electron chi connectivity index (χ0n) is 13.4. The Bertz CT molecular complexity index is 997. The highest BCUT2D eigenvalue weighted by molar-refractivity contribution is 7.89. The van der Waals surface area contributed by atoms with Crippen molar-refractivity contribution < 1.29 is 17.9 Å². The summed E-state index contributed by atoms with van der Waals surface area (Å²) < 4.78 is 29.3. The molecule has 26 heavy (non-hydrogen) atoms. The summed E-state index contributed by atoms with van der Waals surface area (Å²) >= 11 is 1.30. The van der Waals surface area contributed by atoms with E-state index in [1.54, 1.807) is 60.0 Å². The number of hydrogen-bond acceptors (Lipinski definition) is 6. The number of benzene rings is 2. The van der Waals surface area contributed by atoms with Gasteiger partial charge in [-0.15, -0.1) is 11.3 Å². The van der Waals surface area contributed by atoms with E-state index in [0.717, 1.165) is 0 Å². The highest BCUT2D eigenvalue weighted by atomic mass is 32.2. The Morgan fingerprint density at radius 3 is 2.38 bits per heavy atom. The molecule has 0 saturated heterocycles. The third-order valence-corrected chi connectivity index (χ3v) is 5.34. The van der Waals surface area contributed by atoms with Crippen LogP contribution in [0.25, 0.3) is 0 Å². The summed E-state index contributed by atoms with van der Waals surface area (Å²) in [6.45, 7) is 0. The molecule has 0 aliphatic heterocycles. The molecule has 3 aromatic rings. The van der Waals surface area contributed by atoms with Crippen molar-refractivity contribution in [1.29, 1.82) is 0 Å². The minimum absolute atomic E-state index is 0.132. The van der Waals surface area contributed by atoms with Crippen molar-refractivity contribution in [3.8, 4) is 5.75 Å². The highest BCUT2D eigenvalue weighted by Gasteiger charge is 2.11. The second kappa shape index (κ2) is 7.94. The summed E-state index contributed by atoms with van der Waals surface area (Å²) in [4.78, 5) is 14.7. The van der Waals surface area contributed by atoms with Gasteiger partial charge in [0.15, 0.2) is 0 Å². The van der Waals surface area contributed by atoms with E-state index in [4.69, 9.17) is 4.74 Å². The molecule has 0 unspecified atom stereocenters. The monoisotopic (exact) mass is 386 g/mol. The maximum absolute atomic E-state index is 12.0. The summed E-state index contributed by atoms with van der Waals surface area (Å²) in [5.74, 6) is -0.0255. The van der Waals surface area contributed by atoms with Gasteiger partial charge < -0.3 is 4.74 Å². The van der Waals surface area contributed by atoms with E-state index >= 15 is 0 Å². The van der Waals surface area contributed by atoms with Crippen molar-refractivity contribution in [1.82, 2.24) is 4.83 Å². The largest absolute Gasteiger partial charge is 0.422 e. The lowest BCUT2D eigenvalue weighted by Crippen LogP contribution is -2.18. The van der Waals surface area contributed by atoms with Crippen LogP contribution in [0.1, 0.15) is 15.2 Å². The molecule has 0 amide bonds. The first-order valence-corrected chi connectivity index (χ1v) is 9.86. The van der Waals surface area contributed by atoms with Gasteiger partial charge in [-0.25, -0.2) is 9.63 Å². The molecule has 2 aromatic carbocycles. The fourth-order valence-corrected chi connectivity index (χ4v) is 3.41. The Hall–Kier alpha value is -2.97. The van der Waals surface area contributed by atoms with Crippen molar-refractivity contribution in [2.75, 3.05) is 0 Å². The molecule has 0 saturated carbocycles. The molecule has 1 N–H and O–H groups in total. The van der Waals surface area contributed by atoms with Crippen molar-refractivity contribution in [3.05, 3.63) is 82.6 Å². The average molecular weight is 386 g/mol. The number of ether oxygens (including phenoxy) is 1. The first-order chi connectivity index (χ1) is 12.5. The van der Waals surface area contributed by atoms with Crippen molar-refractivity contribution in [2.24, 2.45) is 5.10 Å². The Morgan fingerprint density at radius 2 is 1.73 bits per heavy atom. The average Bonchev–Trinajstić information content (AvgIpc) is 3.19. The zero-order chi connectivity index (χ0) is 18.4. The van der Waals surface area contributed by atoms with Crippen LogP contribution in [-0.4, -0.2) is 20.6 Å². The number of rotatable bonds is 6. The molecule has 0 atom stereocenters. The topological polar surface area (TPSA) is 84.8 Å². The van der Waals surface area contributed by atoms with Gasteiger partial charge in [-0.1, -0.05) is 24.3 Å². The van der Waals surface area contributed by atoms with Crippen molar-refractivity contribution in [3.63, 3.8) is 0 Å². The Balaban J connectivity index is 1.60. The fraction of sp³-hybridized carbons (Fsp3) is 0. The molecule has 1 aromatic heterocycles. The summed E-state index contributed by atoms with van der Waals surface area (Å²) in [5.41, 5.74) is 0.650. The van der Waals surface area contributed by atoms with Crippen LogP contribution in [0.3, 0.4) is 0 Å². The molecule has 3 rings (SSSR count). The molecule has 0 radical (unpaired) electrons. The van der Waals surface area contributed by atoms with Crippen LogP contribution in [0.5, 0.6) is 5.75 Å². The number of sulfonamides is 1. The van der Waals surface area contributed by atoms with E-state index in [1.165, 1.54) is 29.7 Å². The second-order valence-electron chi connectivity index (χ2n) is 5.10. The molecular weight excluding hydrogens is 372 g/mol. The van der Waals surface area contributed by atoms with E-state index in [1.807, 2.05) is 0 Å². The summed E-state index contributed by atoms with van der Waals surface area (Å²) in [5, 5.41) is 5.55. The van der Waals surface area contributed by atoms with E-state index < -0.39 is 16.0 Å². The number of thiophene rings is 1. The third kappa shape index (κ3) is 4.56. The minimum atomic E-state index is -3.70. The summed E-state index contributed by atoms with van der Waals surface area (Å²) in [7, 11) is -3.70. The fourth-order valence-electron chi connectivity index (χ4n) is 2.00. The Labute approximate surface area is 154 Å². The van der Waals surface area contributed by atoms with Crippen LogP contribution in [0.4, 0.5) is 0 Å². The molecule has 0 fully saturated rings. The minimum Gasteiger partial charge on any atom is -0.422 e. The van der Waals surface area contributed by atoms with Crippen molar-refractivity contribution in [2.45, 2.75) is 4.90 Å². The normalized spacial score (nSPS) is 11.4. The predicted molar refractivity (Wildman–Crippen MR) is 100 cm³/mol. The second-order valence-corrected chi connectivity index (χ2v) is 7.71. The third-order valence-electron chi connectivity index (χ3n) is 3.25. The Kier molecular flexibility index (Phi) is 5.45. The molecule has 132 valence electrons. The highest BCUT2D eigenvalue weighted by Crippen LogP contribution is 2.16. The molecule has 0 bridgehead atoms. The van der Waals surface area contributed by atoms with Gasteiger partial charge in [0.2, 0.25) is 0 Å². The van der Waals surface area contributed by atoms with Crippen LogP contribution in [0.2, 0.25) is 0 Å². The molecule has 8 heteroatoms. The first-order valence-electron chi connectivity index (χ1n) is 7.50. The lowest BCUT2D eigenvalue weighted by molar-refractivity contribution is 0.0740. The maximum Gasteiger partial charge on any atom is 0.353 e. The van der Waals surface area contributed by atoms with Gasteiger partial charge in [0, 0.05) is 0 Å². The van der Waals surface area contributed by atoms with Crippen molar-refractivity contribution >= 4 is 33.5 Å². The summed E-state index contributed by atoms with van der Waals surface area (Å²) in [6.07, 6.45) is 1.37. The summed E-state index contributed by atoms with van der Waals surface area (Å²) in [6, 6.07) is 18.0. The van der Waals surface area contributed by atoms with Crippen LogP contribution in [0.15, 0.2) is 82.1 Å². The predicted octanol–water partition coefficient (Wildman–Crippen LogP) is 3.28. The number of carbonyl (C=O) groups is 1. The molecule has 0 aliphatic rings. The maximum atomic E-state index is 12.0. The van der Waals surface area contributed by atoms with E-state index in [2.05, 4.69) is 9.93 Å². The van der Waals surface area contributed by atoms with Gasteiger partial charge in [-0.3, -0.25) is 0 Å². The molecule has 6 nitrogen and oxygen atoms in total. The lowest BCUT2D eigenvalue weighted by atomic mass is 10.2. The SMILES string of the molecule is O=C(Oc1ccc(C=NNS(=O)(=O)c2ccccc2)cc1)c1cccs1. The van der Waals surface area contributed by atoms with Gasteiger partial charge in [-0.05, 0) is 53.4 Å². The molecule has 1 heterocycles. The van der Waals surface area contributed by atoms with Gasteiger partial charge in [0.25, 0.3) is 10.0 Å². The standard InChI is InChI=1S/C18H14N2O4S2/c21-18(17-7-4-12-25-17)24-15-10-8-14(9-11-15)13-19-20-26(22,23)16-5-2-1-3-6-16/h1-13,20H. The van der Waals surface area contributed by atoms with Crippen LogP contribution >= 0.6 is 11.3 Å². The van der Waals surface area contributed by atoms with E-state index in [0.29, 0.717) is 16.2 Å². The zero-order valence-corrected chi connectivity index (χ0v) is 15.0. The Morgan fingerprint density at radius 1 is 1.00 bits per heavy atom. The number of nitrogens with one attached hydrogen (secondary N) is 1. The smallest absolute Gasteiger partial charge is 0.353 e. The number of nitrogens with zero attached hydrogens (tertiary/aromatic N) is 1. The number of hydrazone groups is 1. The lowest BCUT2D eigenvalue weighted by Gasteiger charge is -2.04. The van der Waals surface area contributed by atoms with Crippen LogP contribution in [0, 0.1) is 0 Å². The molecular formula is C18H14N2O4S2. The van der Waals surface area contributed by atoms with Gasteiger partial charge in [0.1, 0.15) is 10.6 Å². The van der Waals surface area contributed by atoms with E-state index in [9.17, 15) is 13.2 Å². The van der Waals surface area contributed by atoms with Gasteiger partial charge >= 0.3 is 5.97 Å². The number of carbonyl (C=O) groups excluding carboxylic acids is 1. The van der Waals surface area contributed by atoms with Gasteiger partial charge in [0.05, 0.1) is 11.1 Å². The quantitative estimate of drug-likeness (QED) is 0.305. The van der Waals surface area contributed by atoms with Crippen LogP contribution < -0.4 is 9.57 Å². The van der Waals surface area contributed by atoms with Crippen LogP contribution in [-0.2, 0) is 10.0 Å². The molecule has 0 spiro atoms.